The number of halogens is 1. The third kappa shape index (κ3) is 4.23. The Morgan fingerprint density at radius 1 is 1.43 bits per heavy atom. The van der Waals surface area contributed by atoms with E-state index in [1.807, 2.05) is 37.4 Å². The molecule has 2 aromatic rings. The van der Waals surface area contributed by atoms with Gasteiger partial charge in [0.25, 0.3) is 5.91 Å². The van der Waals surface area contributed by atoms with Crippen LogP contribution >= 0.6 is 23.4 Å². The number of anilines is 1. The van der Waals surface area contributed by atoms with Crippen molar-refractivity contribution in [3.63, 3.8) is 0 Å². The van der Waals surface area contributed by atoms with Crippen molar-refractivity contribution in [3.8, 4) is 0 Å². The SMILES string of the molecule is CSc1ccc(Cl)c(C(=O)Nc2cc(CN(C)C)[nH]n2)c1. The van der Waals surface area contributed by atoms with E-state index in [2.05, 4.69) is 15.5 Å². The second-order valence-electron chi connectivity index (χ2n) is 4.82. The van der Waals surface area contributed by atoms with Crippen LogP contribution in [0.15, 0.2) is 29.2 Å². The molecule has 1 heterocycles. The van der Waals surface area contributed by atoms with Crippen LogP contribution in [0.2, 0.25) is 5.02 Å². The molecule has 0 unspecified atom stereocenters. The van der Waals surface area contributed by atoms with Crippen LogP contribution in [-0.4, -0.2) is 41.4 Å². The summed E-state index contributed by atoms with van der Waals surface area (Å²) in [6, 6.07) is 7.19. The van der Waals surface area contributed by atoms with Gasteiger partial charge >= 0.3 is 0 Å². The molecule has 1 aromatic carbocycles. The Morgan fingerprint density at radius 2 is 2.19 bits per heavy atom. The molecule has 0 spiro atoms. The molecule has 5 nitrogen and oxygen atoms in total. The minimum absolute atomic E-state index is 0.265. The van der Waals surface area contributed by atoms with Gasteiger partial charge in [-0.15, -0.1) is 11.8 Å². The molecule has 0 fully saturated rings. The first-order valence-corrected chi connectivity index (χ1v) is 7.93. The predicted molar refractivity (Wildman–Crippen MR) is 87.2 cm³/mol. The molecule has 0 atom stereocenters. The molecule has 1 amide bonds. The van der Waals surface area contributed by atoms with E-state index >= 15 is 0 Å². The van der Waals surface area contributed by atoms with E-state index in [1.54, 1.807) is 23.9 Å². The third-order valence-corrected chi connectivity index (χ3v) is 3.83. The number of nitrogens with one attached hydrogen (secondary N) is 2. The minimum atomic E-state index is -0.265. The van der Waals surface area contributed by atoms with Gasteiger partial charge in [0.1, 0.15) is 0 Å². The Kier molecular flexibility index (Phi) is 5.27. The van der Waals surface area contributed by atoms with Crippen molar-refractivity contribution < 1.29 is 4.79 Å². The zero-order valence-electron chi connectivity index (χ0n) is 12.1. The summed E-state index contributed by atoms with van der Waals surface area (Å²) in [5.74, 6) is 0.223. The maximum Gasteiger partial charge on any atom is 0.258 e. The van der Waals surface area contributed by atoms with E-state index in [9.17, 15) is 4.79 Å². The summed E-state index contributed by atoms with van der Waals surface area (Å²) in [5.41, 5.74) is 1.37. The zero-order chi connectivity index (χ0) is 15.4. The molecule has 0 aliphatic carbocycles. The van der Waals surface area contributed by atoms with Gasteiger partial charge in [-0.2, -0.15) is 5.10 Å². The van der Waals surface area contributed by atoms with Crippen molar-refractivity contribution in [1.82, 2.24) is 15.1 Å². The van der Waals surface area contributed by atoms with Crippen LogP contribution in [-0.2, 0) is 6.54 Å². The van der Waals surface area contributed by atoms with Crippen molar-refractivity contribution in [2.75, 3.05) is 25.7 Å². The van der Waals surface area contributed by atoms with E-state index in [0.29, 0.717) is 16.4 Å². The second kappa shape index (κ2) is 6.98. The van der Waals surface area contributed by atoms with Gasteiger partial charge in [0.2, 0.25) is 0 Å². The smallest absolute Gasteiger partial charge is 0.258 e. The molecular weight excluding hydrogens is 308 g/mol. The fourth-order valence-electron chi connectivity index (χ4n) is 1.84. The van der Waals surface area contributed by atoms with E-state index < -0.39 is 0 Å². The van der Waals surface area contributed by atoms with Crippen LogP contribution in [0.3, 0.4) is 0 Å². The highest BCUT2D eigenvalue weighted by Gasteiger charge is 2.13. The Hall–Kier alpha value is -1.50. The van der Waals surface area contributed by atoms with Crippen LogP contribution in [0.5, 0.6) is 0 Å². The number of benzene rings is 1. The monoisotopic (exact) mass is 324 g/mol. The van der Waals surface area contributed by atoms with Gasteiger partial charge in [0, 0.05) is 17.5 Å². The number of hydrogen-bond donors (Lipinski definition) is 2. The lowest BCUT2D eigenvalue weighted by molar-refractivity contribution is 0.102. The quantitative estimate of drug-likeness (QED) is 0.830. The topological polar surface area (TPSA) is 61.0 Å². The maximum absolute atomic E-state index is 12.3. The van der Waals surface area contributed by atoms with E-state index in [0.717, 1.165) is 17.1 Å². The molecule has 7 heteroatoms. The van der Waals surface area contributed by atoms with Crippen LogP contribution in [0, 0.1) is 0 Å². The summed E-state index contributed by atoms with van der Waals surface area (Å²) in [5, 5.41) is 10.1. The van der Waals surface area contributed by atoms with Crippen LogP contribution in [0.4, 0.5) is 5.82 Å². The number of nitrogens with zero attached hydrogens (tertiary/aromatic N) is 2. The standard InChI is InChI=1S/C14H17ClN4OS/c1-19(2)8-9-6-13(18-17-9)16-14(20)11-7-10(21-3)4-5-12(11)15/h4-7H,8H2,1-3H3,(H2,16,17,18,20). The molecule has 0 radical (unpaired) electrons. The molecule has 1 aromatic heterocycles. The molecule has 2 N–H and O–H groups in total. The first-order chi connectivity index (χ1) is 9.99. The number of rotatable bonds is 5. The molecule has 0 aliphatic heterocycles. The summed E-state index contributed by atoms with van der Waals surface area (Å²) in [7, 11) is 3.93. The highest BCUT2D eigenvalue weighted by molar-refractivity contribution is 7.98. The molecular formula is C14H17ClN4OS. The number of carbonyl (C=O) groups excluding carboxylic acids is 1. The molecule has 0 saturated heterocycles. The largest absolute Gasteiger partial charge is 0.305 e. The highest BCUT2D eigenvalue weighted by atomic mass is 35.5. The number of H-pyrrole nitrogens is 1. The lowest BCUT2D eigenvalue weighted by Gasteiger charge is -2.06. The molecule has 2 rings (SSSR count). The fourth-order valence-corrected chi connectivity index (χ4v) is 2.48. The van der Waals surface area contributed by atoms with Crippen molar-refractivity contribution in [1.29, 1.82) is 0 Å². The number of thioether (sulfide) groups is 1. The average Bonchev–Trinajstić information content (AvgIpc) is 2.85. The van der Waals surface area contributed by atoms with Gasteiger partial charge in [0.15, 0.2) is 5.82 Å². The molecule has 21 heavy (non-hydrogen) atoms. The van der Waals surface area contributed by atoms with Gasteiger partial charge in [-0.1, -0.05) is 11.6 Å². The molecule has 0 bridgehead atoms. The van der Waals surface area contributed by atoms with Crippen molar-refractivity contribution >= 4 is 35.1 Å². The number of hydrogen-bond acceptors (Lipinski definition) is 4. The van der Waals surface area contributed by atoms with Gasteiger partial charge in [0.05, 0.1) is 16.3 Å². The van der Waals surface area contributed by atoms with E-state index in [4.69, 9.17) is 11.6 Å². The molecule has 0 aliphatic rings. The Balaban J connectivity index is 2.12. The van der Waals surface area contributed by atoms with Crippen LogP contribution < -0.4 is 5.32 Å². The Bertz CT molecular complexity index is 642. The summed E-state index contributed by atoms with van der Waals surface area (Å²) in [4.78, 5) is 15.3. The van der Waals surface area contributed by atoms with Gasteiger partial charge in [-0.05, 0) is 38.6 Å². The normalized spacial score (nSPS) is 10.9. The van der Waals surface area contributed by atoms with Crippen molar-refractivity contribution in [2.45, 2.75) is 11.4 Å². The lowest BCUT2D eigenvalue weighted by Crippen LogP contribution is -2.13. The van der Waals surface area contributed by atoms with Gasteiger partial charge < -0.3 is 10.2 Å². The summed E-state index contributed by atoms with van der Waals surface area (Å²) >= 11 is 7.64. The summed E-state index contributed by atoms with van der Waals surface area (Å²) in [6.45, 7) is 0.728. The van der Waals surface area contributed by atoms with Gasteiger partial charge in [-0.3, -0.25) is 9.89 Å². The Morgan fingerprint density at radius 3 is 2.86 bits per heavy atom. The Labute approximate surface area is 133 Å². The zero-order valence-corrected chi connectivity index (χ0v) is 13.7. The second-order valence-corrected chi connectivity index (χ2v) is 6.10. The number of amides is 1. The van der Waals surface area contributed by atoms with Crippen molar-refractivity contribution in [2.24, 2.45) is 0 Å². The number of aromatic amines is 1. The third-order valence-electron chi connectivity index (χ3n) is 2.78. The lowest BCUT2D eigenvalue weighted by atomic mass is 10.2. The first kappa shape index (κ1) is 15.9. The fraction of sp³-hybridized carbons (Fsp3) is 0.286. The number of carbonyl (C=O) groups is 1. The predicted octanol–water partition coefficient (Wildman–Crippen LogP) is 3.10. The summed E-state index contributed by atoms with van der Waals surface area (Å²) in [6.07, 6.45) is 1.95. The average molecular weight is 325 g/mol. The van der Waals surface area contributed by atoms with Crippen LogP contribution in [0.1, 0.15) is 16.1 Å². The minimum Gasteiger partial charge on any atom is -0.305 e. The first-order valence-electron chi connectivity index (χ1n) is 6.33. The highest BCUT2D eigenvalue weighted by Crippen LogP contribution is 2.23. The number of aromatic nitrogens is 2. The van der Waals surface area contributed by atoms with E-state index in [-0.39, 0.29) is 5.91 Å². The summed E-state index contributed by atoms with van der Waals surface area (Å²) < 4.78 is 0. The maximum atomic E-state index is 12.3. The molecule has 112 valence electrons. The van der Waals surface area contributed by atoms with E-state index in [1.165, 1.54) is 0 Å². The molecule has 0 saturated carbocycles. The van der Waals surface area contributed by atoms with Crippen molar-refractivity contribution in [3.05, 3.63) is 40.5 Å². The van der Waals surface area contributed by atoms with Gasteiger partial charge in [-0.25, -0.2) is 0 Å². The van der Waals surface area contributed by atoms with Crippen LogP contribution in [0.25, 0.3) is 0 Å².